The van der Waals surface area contributed by atoms with Crippen molar-refractivity contribution in [3.8, 4) is 11.5 Å². The fraction of sp³-hybridized carbons (Fsp3) is 0.500. The minimum atomic E-state index is 0.620. The Kier molecular flexibility index (Phi) is 8.90. The minimum absolute atomic E-state index is 0.620. The van der Waals surface area contributed by atoms with E-state index < -0.39 is 0 Å². The lowest BCUT2D eigenvalue weighted by molar-refractivity contribution is 0.199. The van der Waals surface area contributed by atoms with Gasteiger partial charge >= 0.3 is 0 Å². The van der Waals surface area contributed by atoms with Gasteiger partial charge in [-0.15, -0.1) is 6.58 Å². The third-order valence-electron chi connectivity index (χ3n) is 2.91. The predicted molar refractivity (Wildman–Crippen MR) is 86.5 cm³/mol. The molecule has 4 nitrogen and oxygen atoms in total. The van der Waals surface area contributed by atoms with Gasteiger partial charge in [0.1, 0.15) is 0 Å². The normalized spacial score (nSPS) is 10.4. The van der Waals surface area contributed by atoms with Gasteiger partial charge in [-0.25, -0.2) is 0 Å². The zero-order valence-electron chi connectivity index (χ0n) is 12.8. The molecule has 0 heterocycles. The summed E-state index contributed by atoms with van der Waals surface area (Å²) < 4.78 is 16.3. The first kappa shape index (κ1) is 17.8. The number of allylic oxidation sites excluding steroid dienone is 1. The largest absolute Gasteiger partial charge is 0.493 e. The Morgan fingerprint density at radius 1 is 1.29 bits per heavy atom. The number of hydrogen-bond donors (Lipinski definition) is 1. The maximum atomic E-state index is 6.12. The number of ether oxygens (including phenoxy) is 3. The molecule has 21 heavy (non-hydrogen) atoms. The number of nitrogens with one attached hydrogen (secondary N) is 1. The van der Waals surface area contributed by atoms with E-state index in [0.29, 0.717) is 30.5 Å². The summed E-state index contributed by atoms with van der Waals surface area (Å²) in [6.07, 6.45) is 3.73. The molecule has 0 bridgehead atoms. The molecule has 0 aliphatic rings. The van der Waals surface area contributed by atoms with E-state index >= 15 is 0 Å². The molecule has 0 fully saturated rings. The number of methoxy groups -OCH3 is 2. The fourth-order valence-electron chi connectivity index (χ4n) is 1.87. The monoisotopic (exact) mass is 313 g/mol. The SMILES string of the molecule is C=CCCCOc1c(CNCCOC)cc(Cl)cc1OC. The van der Waals surface area contributed by atoms with Crippen LogP contribution in [0.2, 0.25) is 5.02 Å². The molecule has 0 radical (unpaired) electrons. The second-order valence-corrected chi connectivity index (χ2v) is 4.98. The number of benzene rings is 1. The van der Waals surface area contributed by atoms with Crippen molar-refractivity contribution in [2.75, 3.05) is 34.0 Å². The van der Waals surface area contributed by atoms with Crippen LogP contribution in [0.1, 0.15) is 18.4 Å². The highest BCUT2D eigenvalue weighted by Crippen LogP contribution is 2.34. The van der Waals surface area contributed by atoms with Gasteiger partial charge in [-0.1, -0.05) is 17.7 Å². The fourth-order valence-corrected chi connectivity index (χ4v) is 2.10. The third kappa shape index (κ3) is 6.38. The van der Waals surface area contributed by atoms with Crippen molar-refractivity contribution in [3.05, 3.63) is 35.4 Å². The highest BCUT2D eigenvalue weighted by molar-refractivity contribution is 6.30. The predicted octanol–water partition coefficient (Wildman–Crippen LogP) is 3.43. The standard InChI is InChI=1S/C16H24ClNO3/c1-4-5-6-8-21-16-13(12-18-7-9-19-2)10-14(17)11-15(16)20-3/h4,10-11,18H,1,5-9,12H2,2-3H3. The lowest BCUT2D eigenvalue weighted by Crippen LogP contribution is -2.19. The summed E-state index contributed by atoms with van der Waals surface area (Å²) in [6.45, 7) is 6.40. The molecule has 0 saturated carbocycles. The van der Waals surface area contributed by atoms with Crippen molar-refractivity contribution in [2.45, 2.75) is 19.4 Å². The first-order valence-electron chi connectivity index (χ1n) is 7.02. The topological polar surface area (TPSA) is 39.7 Å². The second-order valence-electron chi connectivity index (χ2n) is 4.55. The van der Waals surface area contributed by atoms with Gasteiger partial charge in [0.15, 0.2) is 11.5 Å². The van der Waals surface area contributed by atoms with Crippen LogP contribution >= 0.6 is 11.6 Å². The van der Waals surface area contributed by atoms with E-state index in [-0.39, 0.29) is 0 Å². The Bertz CT molecular complexity index is 438. The summed E-state index contributed by atoms with van der Waals surface area (Å²) in [7, 11) is 3.29. The van der Waals surface area contributed by atoms with E-state index in [9.17, 15) is 0 Å². The maximum absolute atomic E-state index is 6.12. The summed E-state index contributed by atoms with van der Waals surface area (Å²) in [5.74, 6) is 1.40. The quantitative estimate of drug-likeness (QED) is 0.502. The van der Waals surface area contributed by atoms with Gasteiger partial charge < -0.3 is 19.5 Å². The Labute approximate surface area is 132 Å². The highest BCUT2D eigenvalue weighted by Gasteiger charge is 2.12. The molecule has 0 atom stereocenters. The highest BCUT2D eigenvalue weighted by atomic mass is 35.5. The van der Waals surface area contributed by atoms with E-state index in [1.807, 2.05) is 12.1 Å². The maximum Gasteiger partial charge on any atom is 0.165 e. The number of hydrogen-bond acceptors (Lipinski definition) is 4. The second kappa shape index (κ2) is 10.5. The summed E-state index contributed by atoms with van der Waals surface area (Å²) in [5.41, 5.74) is 0.981. The van der Waals surface area contributed by atoms with Crippen LogP contribution in [0.25, 0.3) is 0 Å². The van der Waals surface area contributed by atoms with E-state index in [1.54, 1.807) is 20.3 Å². The molecule has 118 valence electrons. The molecule has 0 aliphatic heterocycles. The van der Waals surface area contributed by atoms with Crippen LogP contribution in [0.15, 0.2) is 24.8 Å². The lowest BCUT2D eigenvalue weighted by atomic mass is 10.1. The molecule has 0 aliphatic carbocycles. The van der Waals surface area contributed by atoms with E-state index in [4.69, 9.17) is 25.8 Å². The molecule has 1 aromatic rings. The van der Waals surface area contributed by atoms with Crippen LogP contribution in [0.3, 0.4) is 0 Å². The zero-order chi connectivity index (χ0) is 15.5. The van der Waals surface area contributed by atoms with Gasteiger partial charge in [0.2, 0.25) is 0 Å². The molecule has 0 amide bonds. The minimum Gasteiger partial charge on any atom is -0.493 e. The molecule has 1 rings (SSSR count). The van der Waals surface area contributed by atoms with Crippen molar-refractivity contribution in [1.29, 1.82) is 0 Å². The summed E-state index contributed by atoms with van der Waals surface area (Å²) in [6, 6.07) is 3.66. The van der Waals surface area contributed by atoms with E-state index in [2.05, 4.69) is 11.9 Å². The van der Waals surface area contributed by atoms with Crippen LogP contribution in [0.4, 0.5) is 0 Å². The molecule has 1 aromatic carbocycles. The van der Waals surface area contributed by atoms with Crippen LogP contribution in [0, 0.1) is 0 Å². The number of halogens is 1. The van der Waals surface area contributed by atoms with Gasteiger partial charge in [-0.2, -0.15) is 0 Å². The molecular formula is C16H24ClNO3. The average Bonchev–Trinajstić information content (AvgIpc) is 2.49. The molecule has 0 aromatic heterocycles. The van der Waals surface area contributed by atoms with Gasteiger partial charge in [-0.05, 0) is 18.9 Å². The molecule has 1 N–H and O–H groups in total. The Morgan fingerprint density at radius 3 is 2.76 bits per heavy atom. The lowest BCUT2D eigenvalue weighted by Gasteiger charge is -2.16. The Morgan fingerprint density at radius 2 is 2.10 bits per heavy atom. The van der Waals surface area contributed by atoms with E-state index in [0.717, 1.165) is 30.7 Å². The van der Waals surface area contributed by atoms with Crippen LogP contribution in [-0.4, -0.2) is 34.0 Å². The summed E-state index contributed by atoms with van der Waals surface area (Å²) in [5, 5.41) is 3.92. The molecular weight excluding hydrogens is 290 g/mol. The molecule has 0 spiro atoms. The van der Waals surface area contributed by atoms with Gasteiger partial charge in [0.05, 0.1) is 20.3 Å². The first-order chi connectivity index (χ1) is 10.2. The summed E-state index contributed by atoms with van der Waals surface area (Å²) >= 11 is 6.12. The molecule has 0 unspecified atom stereocenters. The average molecular weight is 314 g/mol. The van der Waals surface area contributed by atoms with Crippen molar-refractivity contribution >= 4 is 11.6 Å². The Balaban J connectivity index is 2.76. The van der Waals surface area contributed by atoms with Gasteiger partial charge in [0.25, 0.3) is 0 Å². The number of unbranched alkanes of at least 4 members (excludes halogenated alkanes) is 1. The summed E-state index contributed by atoms with van der Waals surface area (Å²) in [4.78, 5) is 0. The van der Waals surface area contributed by atoms with Gasteiger partial charge in [0, 0.05) is 36.9 Å². The first-order valence-corrected chi connectivity index (χ1v) is 7.40. The van der Waals surface area contributed by atoms with Crippen molar-refractivity contribution in [1.82, 2.24) is 5.32 Å². The van der Waals surface area contributed by atoms with E-state index in [1.165, 1.54) is 0 Å². The molecule has 5 heteroatoms. The zero-order valence-corrected chi connectivity index (χ0v) is 13.5. The van der Waals surface area contributed by atoms with Gasteiger partial charge in [-0.3, -0.25) is 0 Å². The third-order valence-corrected chi connectivity index (χ3v) is 3.13. The van der Waals surface area contributed by atoms with Crippen molar-refractivity contribution < 1.29 is 14.2 Å². The molecule has 0 saturated heterocycles. The smallest absolute Gasteiger partial charge is 0.165 e. The van der Waals surface area contributed by atoms with Crippen molar-refractivity contribution in [2.24, 2.45) is 0 Å². The number of rotatable bonds is 11. The Hall–Kier alpha value is -1.23. The van der Waals surface area contributed by atoms with Crippen LogP contribution in [-0.2, 0) is 11.3 Å². The van der Waals surface area contributed by atoms with Crippen LogP contribution < -0.4 is 14.8 Å². The van der Waals surface area contributed by atoms with Crippen LogP contribution in [0.5, 0.6) is 11.5 Å². The van der Waals surface area contributed by atoms with Crippen molar-refractivity contribution in [3.63, 3.8) is 0 Å².